The summed E-state index contributed by atoms with van der Waals surface area (Å²) in [4.78, 5) is 36.1. The summed E-state index contributed by atoms with van der Waals surface area (Å²) in [5.41, 5.74) is 0.346. The molecule has 0 saturated heterocycles. The molecule has 0 bridgehead atoms. The zero-order valence-electron chi connectivity index (χ0n) is 12.8. The Hall–Kier alpha value is -3.69. The van der Waals surface area contributed by atoms with Crippen LogP contribution < -0.4 is 16.0 Å². The lowest BCUT2D eigenvalue weighted by molar-refractivity contribution is 0.0958. The van der Waals surface area contributed by atoms with E-state index in [-0.39, 0.29) is 36.3 Å². The molecule has 1 aromatic carbocycles. The molecule has 24 heavy (non-hydrogen) atoms. The van der Waals surface area contributed by atoms with E-state index in [4.69, 9.17) is 19.3 Å². The maximum absolute atomic E-state index is 12.0. The van der Waals surface area contributed by atoms with Gasteiger partial charge in [0.15, 0.2) is 0 Å². The van der Waals surface area contributed by atoms with E-state index < -0.39 is 17.7 Å². The first-order valence-corrected chi connectivity index (χ1v) is 6.83. The molecule has 0 aliphatic carbocycles. The summed E-state index contributed by atoms with van der Waals surface area (Å²) in [6.07, 6.45) is 15.3. The van der Waals surface area contributed by atoms with Crippen LogP contribution in [0.25, 0.3) is 0 Å². The molecule has 1 rings (SSSR count). The van der Waals surface area contributed by atoms with Crippen LogP contribution >= 0.6 is 0 Å². The van der Waals surface area contributed by atoms with Crippen LogP contribution in [0.1, 0.15) is 31.1 Å². The number of amides is 3. The largest absolute Gasteiger partial charge is 0.341 e. The van der Waals surface area contributed by atoms with Crippen LogP contribution in [-0.4, -0.2) is 37.4 Å². The average molecular weight is 321 g/mol. The lowest BCUT2D eigenvalue weighted by Crippen LogP contribution is -2.28. The molecule has 0 saturated carbocycles. The van der Waals surface area contributed by atoms with Crippen molar-refractivity contribution in [2.45, 2.75) is 0 Å². The van der Waals surface area contributed by atoms with Gasteiger partial charge in [-0.05, 0) is 18.2 Å². The van der Waals surface area contributed by atoms with Gasteiger partial charge in [0.1, 0.15) is 0 Å². The third kappa shape index (κ3) is 5.26. The van der Waals surface area contributed by atoms with E-state index in [2.05, 4.69) is 33.7 Å². The molecule has 0 spiro atoms. The number of nitrogens with one attached hydrogen (secondary N) is 3. The van der Waals surface area contributed by atoms with Crippen LogP contribution in [0.4, 0.5) is 0 Å². The molecule has 1 aromatic rings. The number of hydrogen-bond acceptors (Lipinski definition) is 3. The van der Waals surface area contributed by atoms with Crippen molar-refractivity contribution < 1.29 is 14.4 Å². The van der Waals surface area contributed by atoms with E-state index in [9.17, 15) is 14.4 Å². The molecule has 0 unspecified atom stereocenters. The van der Waals surface area contributed by atoms with E-state index in [1.54, 1.807) is 0 Å². The van der Waals surface area contributed by atoms with Crippen molar-refractivity contribution in [3.05, 3.63) is 34.9 Å². The molecule has 0 fully saturated rings. The SMILES string of the molecule is C#CCNC(=O)c1cc(C(=O)NCC#C)cc(C(=O)NCC#C)c1. The van der Waals surface area contributed by atoms with Crippen molar-refractivity contribution >= 4 is 17.7 Å². The Morgan fingerprint density at radius 3 is 1.12 bits per heavy atom. The van der Waals surface area contributed by atoms with Gasteiger partial charge in [-0.3, -0.25) is 14.4 Å². The minimum absolute atomic E-state index is 0.0188. The van der Waals surface area contributed by atoms with Gasteiger partial charge in [0.2, 0.25) is 0 Å². The molecular formula is C18H15N3O3. The average Bonchev–Trinajstić information content (AvgIpc) is 2.61. The molecule has 6 heteroatoms. The number of benzene rings is 1. The lowest BCUT2D eigenvalue weighted by atomic mass is 10.0. The van der Waals surface area contributed by atoms with Gasteiger partial charge in [0, 0.05) is 16.7 Å². The Morgan fingerprint density at radius 2 is 0.917 bits per heavy atom. The molecular weight excluding hydrogens is 306 g/mol. The predicted molar refractivity (Wildman–Crippen MR) is 89.9 cm³/mol. The minimum atomic E-state index is -0.509. The molecule has 3 N–H and O–H groups in total. The second-order valence-electron chi connectivity index (χ2n) is 4.46. The first kappa shape index (κ1) is 18.4. The molecule has 0 aliphatic heterocycles. The molecule has 0 radical (unpaired) electrons. The van der Waals surface area contributed by atoms with Crippen molar-refractivity contribution in [2.24, 2.45) is 0 Å². The molecule has 0 aliphatic rings. The Kier molecular flexibility index (Phi) is 7.15. The highest BCUT2D eigenvalue weighted by atomic mass is 16.2. The molecule has 3 amide bonds. The van der Waals surface area contributed by atoms with E-state index in [1.165, 1.54) is 18.2 Å². The second-order valence-corrected chi connectivity index (χ2v) is 4.46. The van der Waals surface area contributed by atoms with Crippen LogP contribution in [0.5, 0.6) is 0 Å². The van der Waals surface area contributed by atoms with Crippen LogP contribution in [0, 0.1) is 37.0 Å². The summed E-state index contributed by atoms with van der Waals surface area (Å²) >= 11 is 0. The van der Waals surface area contributed by atoms with Crippen LogP contribution in [0.15, 0.2) is 18.2 Å². The fourth-order valence-electron chi connectivity index (χ4n) is 1.72. The van der Waals surface area contributed by atoms with Crippen LogP contribution in [0.3, 0.4) is 0 Å². The van der Waals surface area contributed by atoms with Gasteiger partial charge >= 0.3 is 0 Å². The monoisotopic (exact) mass is 321 g/mol. The summed E-state index contributed by atoms with van der Waals surface area (Å²) in [7, 11) is 0. The van der Waals surface area contributed by atoms with Gasteiger partial charge in [-0.1, -0.05) is 17.8 Å². The van der Waals surface area contributed by atoms with Gasteiger partial charge in [-0.2, -0.15) is 0 Å². The first-order valence-electron chi connectivity index (χ1n) is 6.83. The lowest BCUT2D eigenvalue weighted by Gasteiger charge is -2.09. The Labute approximate surface area is 140 Å². The number of hydrogen-bond donors (Lipinski definition) is 3. The Balaban J connectivity index is 3.19. The minimum Gasteiger partial charge on any atom is -0.341 e. The summed E-state index contributed by atoms with van der Waals surface area (Å²) in [6.45, 7) is 0.0565. The smallest absolute Gasteiger partial charge is 0.252 e. The van der Waals surface area contributed by atoms with Crippen LogP contribution in [-0.2, 0) is 0 Å². The van der Waals surface area contributed by atoms with Gasteiger partial charge in [0.25, 0.3) is 17.7 Å². The highest BCUT2D eigenvalue weighted by molar-refractivity contribution is 6.04. The molecule has 0 aromatic heterocycles. The zero-order valence-corrected chi connectivity index (χ0v) is 12.8. The normalized spacial score (nSPS) is 8.88. The van der Waals surface area contributed by atoms with Crippen molar-refractivity contribution in [3.8, 4) is 37.0 Å². The number of carbonyl (C=O) groups is 3. The predicted octanol–water partition coefficient (Wildman–Crippen LogP) is -0.224. The molecule has 120 valence electrons. The molecule has 6 nitrogen and oxygen atoms in total. The highest BCUT2D eigenvalue weighted by Crippen LogP contribution is 2.11. The Bertz CT molecular complexity index is 659. The summed E-state index contributed by atoms with van der Waals surface area (Å²) in [5, 5.41) is 7.39. The quantitative estimate of drug-likeness (QED) is 0.633. The number of terminal acetylenes is 3. The van der Waals surface area contributed by atoms with E-state index in [1.807, 2.05) is 0 Å². The van der Waals surface area contributed by atoms with Crippen molar-refractivity contribution in [3.63, 3.8) is 0 Å². The maximum Gasteiger partial charge on any atom is 0.252 e. The maximum atomic E-state index is 12.0. The molecule has 0 atom stereocenters. The standard InChI is InChI=1S/C18H15N3O3/c1-4-7-19-16(22)13-10-14(17(23)20-8-5-2)12-15(11-13)18(24)21-9-6-3/h1-3,10-12H,7-9H2,(H,19,22)(H,20,23)(H,21,24). The van der Waals surface area contributed by atoms with E-state index in [0.29, 0.717) is 0 Å². The van der Waals surface area contributed by atoms with Gasteiger partial charge < -0.3 is 16.0 Å². The number of rotatable bonds is 6. The second kappa shape index (κ2) is 9.35. The van der Waals surface area contributed by atoms with Crippen molar-refractivity contribution in [2.75, 3.05) is 19.6 Å². The van der Waals surface area contributed by atoms with E-state index >= 15 is 0 Å². The summed E-state index contributed by atoms with van der Waals surface area (Å²) in [5.74, 6) is 5.27. The fraction of sp³-hybridized carbons (Fsp3) is 0.167. The summed E-state index contributed by atoms with van der Waals surface area (Å²) < 4.78 is 0. The Morgan fingerprint density at radius 1 is 0.667 bits per heavy atom. The zero-order chi connectivity index (χ0) is 17.9. The first-order chi connectivity index (χ1) is 11.5. The topological polar surface area (TPSA) is 87.3 Å². The third-order valence-corrected chi connectivity index (χ3v) is 2.77. The van der Waals surface area contributed by atoms with Crippen LogP contribution in [0.2, 0.25) is 0 Å². The van der Waals surface area contributed by atoms with Crippen molar-refractivity contribution in [1.82, 2.24) is 16.0 Å². The third-order valence-electron chi connectivity index (χ3n) is 2.77. The van der Waals surface area contributed by atoms with E-state index in [0.717, 1.165) is 0 Å². The fourth-order valence-corrected chi connectivity index (χ4v) is 1.72. The highest BCUT2D eigenvalue weighted by Gasteiger charge is 2.15. The molecule has 0 heterocycles. The van der Waals surface area contributed by atoms with Gasteiger partial charge in [0.05, 0.1) is 19.6 Å². The van der Waals surface area contributed by atoms with Gasteiger partial charge in [-0.15, -0.1) is 19.3 Å². The summed E-state index contributed by atoms with van der Waals surface area (Å²) in [6, 6.07) is 4.03. The van der Waals surface area contributed by atoms with Crippen molar-refractivity contribution in [1.29, 1.82) is 0 Å². The van der Waals surface area contributed by atoms with Gasteiger partial charge in [-0.25, -0.2) is 0 Å². The number of carbonyl (C=O) groups excluding carboxylic acids is 3.